The molecule has 0 aliphatic carbocycles. The topological polar surface area (TPSA) is 58.1 Å². The molecule has 1 aromatic carbocycles. The Hall–Kier alpha value is -2.43. The van der Waals surface area contributed by atoms with E-state index in [1.165, 1.54) is 24.7 Å². The van der Waals surface area contributed by atoms with E-state index in [0.29, 0.717) is 12.2 Å². The second-order valence-electron chi connectivity index (χ2n) is 6.82. The Morgan fingerprint density at radius 1 is 1.20 bits per heavy atom. The number of benzene rings is 1. The maximum absolute atomic E-state index is 12.1. The Bertz CT molecular complexity index is 681. The normalized spacial score (nSPS) is 15.2. The average molecular weight is 338 g/mol. The first-order chi connectivity index (χ1) is 12.2. The number of aromatic nitrogens is 2. The van der Waals surface area contributed by atoms with Gasteiger partial charge in [0, 0.05) is 25.6 Å². The number of carbonyl (C=O) groups is 1. The van der Waals surface area contributed by atoms with Crippen LogP contribution in [0.2, 0.25) is 0 Å². The number of nitrogens with one attached hydrogen (secondary N) is 1. The Morgan fingerprint density at radius 3 is 2.72 bits per heavy atom. The maximum atomic E-state index is 12.1. The van der Waals surface area contributed by atoms with Gasteiger partial charge in [0.25, 0.3) is 0 Å². The zero-order valence-electron chi connectivity index (χ0n) is 14.8. The van der Waals surface area contributed by atoms with Crippen molar-refractivity contribution < 1.29 is 4.79 Å². The number of carbonyl (C=O) groups excluding carboxylic acids is 1. The fourth-order valence-corrected chi connectivity index (χ4v) is 3.13. The van der Waals surface area contributed by atoms with Gasteiger partial charge in [0.05, 0.1) is 0 Å². The van der Waals surface area contributed by atoms with Crippen LogP contribution < -0.4 is 10.2 Å². The summed E-state index contributed by atoms with van der Waals surface area (Å²) in [4.78, 5) is 23.0. The number of hydrogen-bond donors (Lipinski definition) is 1. The van der Waals surface area contributed by atoms with E-state index >= 15 is 0 Å². The molecule has 25 heavy (non-hydrogen) atoms. The molecule has 2 heterocycles. The van der Waals surface area contributed by atoms with E-state index in [0.717, 1.165) is 37.7 Å². The van der Waals surface area contributed by atoms with Crippen molar-refractivity contribution in [1.29, 1.82) is 0 Å². The molecule has 1 fully saturated rings. The van der Waals surface area contributed by atoms with E-state index in [-0.39, 0.29) is 5.91 Å². The highest BCUT2D eigenvalue weighted by Gasteiger charge is 2.17. The van der Waals surface area contributed by atoms with Gasteiger partial charge in [-0.25, -0.2) is 9.97 Å². The number of nitrogens with zero attached hydrogens (tertiary/aromatic N) is 3. The number of piperidine rings is 1. The summed E-state index contributed by atoms with van der Waals surface area (Å²) in [7, 11) is 0. The summed E-state index contributed by atoms with van der Waals surface area (Å²) in [5.74, 6) is 2.28. The quantitative estimate of drug-likeness (QED) is 0.873. The SMILES string of the molecule is CC1CCN(c2cc(NC(=O)CCCc3ccccc3)ncn2)CC1. The molecule has 3 rings (SSSR count). The molecule has 0 saturated carbocycles. The monoisotopic (exact) mass is 338 g/mol. The van der Waals surface area contributed by atoms with Crippen molar-refractivity contribution in [2.75, 3.05) is 23.3 Å². The third kappa shape index (κ3) is 5.28. The minimum Gasteiger partial charge on any atom is -0.356 e. The van der Waals surface area contributed by atoms with Crippen molar-refractivity contribution in [3.63, 3.8) is 0 Å². The summed E-state index contributed by atoms with van der Waals surface area (Å²) in [6.45, 7) is 4.32. The van der Waals surface area contributed by atoms with E-state index in [2.05, 4.69) is 39.2 Å². The van der Waals surface area contributed by atoms with E-state index in [4.69, 9.17) is 0 Å². The van der Waals surface area contributed by atoms with Crippen LogP contribution in [-0.2, 0) is 11.2 Å². The minimum atomic E-state index is 0.00727. The molecule has 0 radical (unpaired) electrons. The van der Waals surface area contributed by atoms with Gasteiger partial charge in [-0.3, -0.25) is 4.79 Å². The van der Waals surface area contributed by atoms with Gasteiger partial charge in [-0.1, -0.05) is 37.3 Å². The molecule has 1 aliphatic heterocycles. The molecule has 1 N–H and O–H groups in total. The lowest BCUT2D eigenvalue weighted by Gasteiger charge is -2.31. The molecule has 1 saturated heterocycles. The molecule has 0 bridgehead atoms. The summed E-state index contributed by atoms with van der Waals surface area (Å²) in [6.07, 6.45) is 6.14. The average Bonchev–Trinajstić information content (AvgIpc) is 2.63. The van der Waals surface area contributed by atoms with Gasteiger partial charge in [0.15, 0.2) is 0 Å². The number of aryl methyl sites for hydroxylation is 1. The zero-order valence-corrected chi connectivity index (χ0v) is 14.8. The van der Waals surface area contributed by atoms with Gasteiger partial charge in [-0.15, -0.1) is 0 Å². The van der Waals surface area contributed by atoms with Gasteiger partial charge >= 0.3 is 0 Å². The molecule has 1 aromatic heterocycles. The molecule has 1 aliphatic rings. The first-order valence-electron chi connectivity index (χ1n) is 9.11. The summed E-state index contributed by atoms with van der Waals surface area (Å²) >= 11 is 0. The van der Waals surface area contributed by atoms with Crippen LogP contribution in [0.15, 0.2) is 42.7 Å². The first kappa shape index (κ1) is 17.4. The predicted molar refractivity (Wildman–Crippen MR) is 101 cm³/mol. The first-order valence-corrected chi connectivity index (χ1v) is 9.11. The second kappa shape index (κ2) is 8.60. The second-order valence-corrected chi connectivity index (χ2v) is 6.82. The molecule has 0 atom stereocenters. The van der Waals surface area contributed by atoms with Crippen LogP contribution in [0.3, 0.4) is 0 Å². The van der Waals surface area contributed by atoms with Crippen LogP contribution in [0.25, 0.3) is 0 Å². The molecule has 132 valence electrons. The predicted octanol–water partition coefficient (Wildman–Crippen LogP) is 3.67. The lowest BCUT2D eigenvalue weighted by atomic mass is 9.99. The molecule has 2 aromatic rings. The molecule has 5 nitrogen and oxygen atoms in total. The van der Waals surface area contributed by atoms with Crippen molar-refractivity contribution in [3.05, 3.63) is 48.3 Å². The number of amides is 1. The minimum absolute atomic E-state index is 0.00727. The van der Waals surface area contributed by atoms with Crippen LogP contribution in [0, 0.1) is 5.92 Å². The summed E-state index contributed by atoms with van der Waals surface area (Å²) in [6, 6.07) is 12.1. The Balaban J connectivity index is 1.49. The zero-order chi connectivity index (χ0) is 17.5. The molecular weight excluding hydrogens is 312 g/mol. The third-order valence-corrected chi connectivity index (χ3v) is 4.74. The van der Waals surface area contributed by atoms with Crippen LogP contribution in [0.5, 0.6) is 0 Å². The number of hydrogen-bond acceptors (Lipinski definition) is 4. The lowest BCUT2D eigenvalue weighted by Crippen LogP contribution is -2.33. The van der Waals surface area contributed by atoms with Crippen molar-refractivity contribution in [1.82, 2.24) is 9.97 Å². The van der Waals surface area contributed by atoms with Crippen LogP contribution in [0.4, 0.5) is 11.6 Å². The third-order valence-electron chi connectivity index (χ3n) is 4.74. The number of rotatable bonds is 6. The van der Waals surface area contributed by atoms with E-state index in [1.54, 1.807) is 0 Å². The van der Waals surface area contributed by atoms with E-state index in [1.807, 2.05) is 24.3 Å². The van der Waals surface area contributed by atoms with Gasteiger partial charge in [0.2, 0.25) is 5.91 Å². The molecule has 1 amide bonds. The Morgan fingerprint density at radius 2 is 1.96 bits per heavy atom. The van der Waals surface area contributed by atoms with Gasteiger partial charge in [0.1, 0.15) is 18.0 Å². The largest absolute Gasteiger partial charge is 0.356 e. The summed E-state index contributed by atoms with van der Waals surface area (Å²) in [5, 5.41) is 2.90. The van der Waals surface area contributed by atoms with Gasteiger partial charge < -0.3 is 10.2 Å². The molecule has 5 heteroatoms. The summed E-state index contributed by atoms with van der Waals surface area (Å²) < 4.78 is 0. The van der Waals surface area contributed by atoms with Crippen LogP contribution >= 0.6 is 0 Å². The van der Waals surface area contributed by atoms with Gasteiger partial charge in [-0.05, 0) is 37.2 Å². The van der Waals surface area contributed by atoms with Crippen molar-refractivity contribution in [2.45, 2.75) is 39.0 Å². The fourth-order valence-electron chi connectivity index (χ4n) is 3.13. The van der Waals surface area contributed by atoms with Crippen LogP contribution in [-0.4, -0.2) is 29.0 Å². The highest BCUT2D eigenvalue weighted by atomic mass is 16.1. The highest BCUT2D eigenvalue weighted by molar-refractivity contribution is 5.90. The number of anilines is 2. The summed E-state index contributed by atoms with van der Waals surface area (Å²) in [5.41, 5.74) is 1.26. The van der Waals surface area contributed by atoms with Crippen molar-refractivity contribution >= 4 is 17.5 Å². The van der Waals surface area contributed by atoms with E-state index in [9.17, 15) is 4.79 Å². The standard InChI is InChI=1S/C20H26N4O/c1-16-10-12-24(13-11-16)19-14-18(21-15-22-19)23-20(25)9-5-8-17-6-3-2-4-7-17/h2-4,6-7,14-16H,5,8-13H2,1H3,(H,21,22,23,25). The van der Waals surface area contributed by atoms with Crippen molar-refractivity contribution in [2.24, 2.45) is 5.92 Å². The van der Waals surface area contributed by atoms with Crippen LogP contribution in [0.1, 0.15) is 38.2 Å². The fraction of sp³-hybridized carbons (Fsp3) is 0.450. The molecular formula is C20H26N4O. The van der Waals surface area contributed by atoms with Crippen molar-refractivity contribution in [3.8, 4) is 0 Å². The molecule has 0 spiro atoms. The smallest absolute Gasteiger partial charge is 0.225 e. The maximum Gasteiger partial charge on any atom is 0.225 e. The van der Waals surface area contributed by atoms with E-state index < -0.39 is 0 Å². The van der Waals surface area contributed by atoms with Gasteiger partial charge in [-0.2, -0.15) is 0 Å². The molecule has 0 unspecified atom stereocenters. The Kier molecular flexibility index (Phi) is 5.99. The highest BCUT2D eigenvalue weighted by Crippen LogP contribution is 2.22. The Labute approximate surface area is 149 Å². The lowest BCUT2D eigenvalue weighted by molar-refractivity contribution is -0.116.